The zero-order valence-corrected chi connectivity index (χ0v) is 30.1. The van der Waals surface area contributed by atoms with E-state index in [-0.39, 0.29) is 11.0 Å². The van der Waals surface area contributed by atoms with Crippen molar-refractivity contribution in [1.82, 2.24) is 0 Å². The van der Waals surface area contributed by atoms with Crippen LogP contribution >= 0.6 is 0 Å². The maximum absolute atomic E-state index is 11.9. The lowest BCUT2D eigenvalue weighted by Gasteiger charge is -2.54. The van der Waals surface area contributed by atoms with Gasteiger partial charge < -0.3 is 23.7 Å². The Morgan fingerprint density at radius 2 is 1.02 bits per heavy atom. The molecule has 0 radical (unpaired) electrons. The number of rotatable bonds is 23. The molecule has 0 saturated carbocycles. The fourth-order valence-corrected chi connectivity index (χ4v) is 5.82. The van der Waals surface area contributed by atoms with Gasteiger partial charge in [-0.3, -0.25) is 0 Å². The second kappa shape index (κ2) is 17.1. The summed E-state index contributed by atoms with van der Waals surface area (Å²) in [4.78, 5) is 23.7. The first-order chi connectivity index (χ1) is 19.5. The number of hydrogen-bond acceptors (Lipinski definition) is 7. The largest absolute Gasteiger partial charge is 0.456 e. The predicted octanol–water partition coefficient (Wildman–Crippen LogP) is 8.78. The Morgan fingerprint density at radius 3 is 1.37 bits per heavy atom. The van der Waals surface area contributed by atoms with Crippen LogP contribution in [0.25, 0.3) is 0 Å². The van der Waals surface area contributed by atoms with Gasteiger partial charge in [0.2, 0.25) is 0 Å². The molecule has 0 aliphatic heterocycles. The van der Waals surface area contributed by atoms with Crippen molar-refractivity contribution >= 4 is 11.9 Å². The van der Waals surface area contributed by atoms with Crippen LogP contribution in [0.15, 0.2) is 25.3 Å². The van der Waals surface area contributed by atoms with E-state index in [1.807, 2.05) is 27.7 Å². The van der Waals surface area contributed by atoms with Gasteiger partial charge in [0.15, 0.2) is 0 Å². The van der Waals surface area contributed by atoms with Crippen LogP contribution < -0.4 is 0 Å². The summed E-state index contributed by atoms with van der Waals surface area (Å²) in [6, 6.07) is 0. The second-order valence-electron chi connectivity index (χ2n) is 15.1. The van der Waals surface area contributed by atoms with Gasteiger partial charge in [0.05, 0.1) is 30.0 Å². The van der Waals surface area contributed by atoms with E-state index >= 15 is 0 Å². The van der Waals surface area contributed by atoms with Gasteiger partial charge >= 0.3 is 11.9 Å². The van der Waals surface area contributed by atoms with Crippen molar-refractivity contribution in [2.24, 2.45) is 11.3 Å². The smallest absolute Gasteiger partial charge is 0.330 e. The fourth-order valence-electron chi connectivity index (χ4n) is 5.82. The summed E-state index contributed by atoms with van der Waals surface area (Å²) >= 11 is 0. The van der Waals surface area contributed by atoms with Crippen molar-refractivity contribution in [2.45, 2.75) is 163 Å². The van der Waals surface area contributed by atoms with Gasteiger partial charge in [0, 0.05) is 37.0 Å². The molecular formula is C36H66O7. The summed E-state index contributed by atoms with van der Waals surface area (Å²) < 4.78 is 31.0. The summed E-state index contributed by atoms with van der Waals surface area (Å²) in [6.45, 7) is 35.8. The highest BCUT2D eigenvalue weighted by Crippen LogP contribution is 2.52. The van der Waals surface area contributed by atoms with Crippen LogP contribution in [-0.2, 0) is 33.3 Å². The number of carbonyl (C=O) groups is 2. The van der Waals surface area contributed by atoms with Gasteiger partial charge in [-0.2, -0.15) is 0 Å². The minimum atomic E-state index is -0.682. The van der Waals surface area contributed by atoms with E-state index in [0.717, 1.165) is 32.1 Å². The lowest BCUT2D eigenvalue weighted by molar-refractivity contribution is -0.194. The van der Waals surface area contributed by atoms with Gasteiger partial charge in [-0.05, 0) is 100 Å². The third-order valence-corrected chi connectivity index (χ3v) is 8.60. The number of esters is 2. The molecule has 0 fully saturated rings. The van der Waals surface area contributed by atoms with Crippen molar-refractivity contribution in [3.63, 3.8) is 0 Å². The highest BCUT2D eigenvalue weighted by molar-refractivity contribution is 5.81. The first-order valence-electron chi connectivity index (χ1n) is 16.2. The molecule has 2 unspecified atom stereocenters. The molecule has 0 aliphatic carbocycles. The first-order valence-corrected chi connectivity index (χ1v) is 16.2. The molecule has 0 saturated heterocycles. The summed E-state index contributed by atoms with van der Waals surface area (Å²) in [5, 5.41) is 0. The maximum Gasteiger partial charge on any atom is 0.330 e. The Bertz CT molecular complexity index is 886. The van der Waals surface area contributed by atoms with Crippen LogP contribution in [0.1, 0.15) is 135 Å². The SMILES string of the molecule is C=CC(=O)OC(C)(C)CCOC(C)(C)CC(CC)(CC(C)(C)OCCC(C)C)C(C)(CC)OCCC(C)(C)OC(=O)C=C. The summed E-state index contributed by atoms with van der Waals surface area (Å²) in [5.74, 6) is -0.308. The molecule has 7 heteroatoms. The topological polar surface area (TPSA) is 80.3 Å². The van der Waals surface area contributed by atoms with E-state index in [0.29, 0.717) is 38.6 Å². The Hall–Kier alpha value is -1.70. The van der Waals surface area contributed by atoms with Gasteiger partial charge in [-0.1, -0.05) is 40.9 Å². The van der Waals surface area contributed by atoms with Gasteiger partial charge in [-0.15, -0.1) is 0 Å². The molecule has 0 amide bonds. The number of hydrogen-bond donors (Lipinski definition) is 0. The molecule has 0 N–H and O–H groups in total. The zero-order valence-electron chi connectivity index (χ0n) is 30.1. The third-order valence-electron chi connectivity index (χ3n) is 8.60. The zero-order chi connectivity index (χ0) is 33.8. The average molecular weight is 611 g/mol. The Labute approximate surface area is 264 Å². The molecule has 0 heterocycles. The van der Waals surface area contributed by atoms with Crippen molar-refractivity contribution in [3.8, 4) is 0 Å². The molecule has 0 aromatic rings. The molecule has 0 aromatic heterocycles. The van der Waals surface area contributed by atoms with E-state index < -0.39 is 34.3 Å². The lowest BCUT2D eigenvalue weighted by Crippen LogP contribution is -2.55. The van der Waals surface area contributed by atoms with Crippen molar-refractivity contribution < 1.29 is 33.3 Å². The van der Waals surface area contributed by atoms with E-state index in [2.05, 4.69) is 75.5 Å². The highest BCUT2D eigenvalue weighted by Gasteiger charge is 2.52. The Balaban J connectivity index is 6.17. The molecular weight excluding hydrogens is 544 g/mol. The van der Waals surface area contributed by atoms with Crippen LogP contribution in [0.2, 0.25) is 0 Å². The minimum Gasteiger partial charge on any atom is -0.456 e. The predicted molar refractivity (Wildman–Crippen MR) is 176 cm³/mol. The van der Waals surface area contributed by atoms with Crippen molar-refractivity contribution in [3.05, 3.63) is 25.3 Å². The van der Waals surface area contributed by atoms with Gasteiger partial charge in [-0.25, -0.2) is 9.59 Å². The van der Waals surface area contributed by atoms with Crippen LogP contribution in [0.5, 0.6) is 0 Å². The van der Waals surface area contributed by atoms with E-state index in [1.54, 1.807) is 0 Å². The van der Waals surface area contributed by atoms with E-state index in [9.17, 15) is 9.59 Å². The van der Waals surface area contributed by atoms with Gasteiger partial charge in [0.1, 0.15) is 11.2 Å². The molecule has 252 valence electrons. The van der Waals surface area contributed by atoms with Crippen LogP contribution in [0, 0.1) is 11.3 Å². The van der Waals surface area contributed by atoms with Crippen molar-refractivity contribution in [2.75, 3.05) is 19.8 Å². The van der Waals surface area contributed by atoms with Crippen LogP contribution in [0.4, 0.5) is 0 Å². The minimum absolute atomic E-state index is 0.306. The maximum atomic E-state index is 11.9. The molecule has 0 bridgehead atoms. The monoisotopic (exact) mass is 610 g/mol. The quantitative estimate of drug-likeness (QED) is 0.0845. The summed E-state index contributed by atoms with van der Waals surface area (Å²) in [5.41, 5.74) is -3.06. The first kappa shape index (κ1) is 41.3. The molecule has 0 aliphatic rings. The Morgan fingerprint density at radius 1 is 0.628 bits per heavy atom. The summed E-state index contributed by atoms with van der Waals surface area (Å²) in [7, 11) is 0. The van der Waals surface area contributed by atoms with Crippen molar-refractivity contribution in [1.29, 1.82) is 0 Å². The average Bonchev–Trinajstić information content (AvgIpc) is 2.86. The number of ether oxygens (including phenoxy) is 5. The standard InChI is InChI=1S/C36H66O7/c1-16-29(37)42-31(7,8)21-24-40-34(13,14)27-36(19-4,26-33(11,12)39-23-20-28(5)6)35(15,18-3)41-25-22-32(9,10)43-30(38)17-2/h16-17,28H,1-2,18-27H2,3-15H3. The van der Waals surface area contributed by atoms with Crippen LogP contribution in [-0.4, -0.2) is 59.8 Å². The summed E-state index contributed by atoms with van der Waals surface area (Å²) in [6.07, 6.45) is 7.65. The lowest BCUT2D eigenvalue weighted by atomic mass is 9.60. The highest BCUT2D eigenvalue weighted by atomic mass is 16.6. The van der Waals surface area contributed by atoms with Gasteiger partial charge in [0.25, 0.3) is 0 Å². The van der Waals surface area contributed by atoms with E-state index in [4.69, 9.17) is 23.7 Å². The van der Waals surface area contributed by atoms with E-state index in [1.165, 1.54) is 12.2 Å². The molecule has 7 nitrogen and oxygen atoms in total. The number of carbonyl (C=O) groups excluding carboxylic acids is 2. The fraction of sp³-hybridized carbons (Fsp3) is 0.833. The molecule has 43 heavy (non-hydrogen) atoms. The Kier molecular flexibility index (Phi) is 16.4. The van der Waals surface area contributed by atoms with Crippen LogP contribution in [0.3, 0.4) is 0 Å². The molecule has 2 atom stereocenters. The molecule has 0 spiro atoms. The second-order valence-corrected chi connectivity index (χ2v) is 15.1. The molecule has 0 rings (SSSR count). The third kappa shape index (κ3) is 15.2. The molecule has 0 aromatic carbocycles. The normalized spacial score (nSPS) is 15.9.